The number of carbonyl (C=O) groups is 2. The molecule has 0 aromatic heterocycles. The van der Waals surface area contributed by atoms with Crippen LogP contribution < -0.4 is 0 Å². The lowest BCUT2D eigenvalue weighted by Crippen LogP contribution is -2.38. The minimum absolute atomic E-state index is 0.107. The van der Waals surface area contributed by atoms with Gasteiger partial charge in [-0.1, -0.05) is 66.5 Å². The van der Waals surface area contributed by atoms with Crippen molar-refractivity contribution in [3.05, 3.63) is 53.0 Å². The van der Waals surface area contributed by atoms with E-state index in [2.05, 4.69) is 0 Å². The Bertz CT molecular complexity index is 737. The molecule has 1 aromatic rings. The molecule has 2 heterocycles. The number of piperidine rings is 1. The van der Waals surface area contributed by atoms with Crippen LogP contribution in [0.25, 0.3) is 6.08 Å². The zero-order valence-corrected chi connectivity index (χ0v) is 16.2. The Labute approximate surface area is 163 Å². The number of likely N-dealkylation sites (tertiary alicyclic amines) is 1. The summed E-state index contributed by atoms with van der Waals surface area (Å²) in [6.45, 7) is 2.03. The summed E-state index contributed by atoms with van der Waals surface area (Å²) in [5, 5.41) is 0. The number of thioether (sulfide) groups is 1. The second kappa shape index (κ2) is 9.14. The molecule has 2 amide bonds. The molecule has 0 spiro atoms. The first kappa shape index (κ1) is 18.9. The van der Waals surface area contributed by atoms with E-state index >= 15 is 0 Å². The van der Waals surface area contributed by atoms with Gasteiger partial charge in [0.25, 0.3) is 5.91 Å². The van der Waals surface area contributed by atoms with Crippen molar-refractivity contribution >= 4 is 46.2 Å². The fourth-order valence-corrected chi connectivity index (χ4v) is 4.29. The summed E-state index contributed by atoms with van der Waals surface area (Å²) in [4.78, 5) is 28.9. The Hall–Kier alpha value is -1.92. The van der Waals surface area contributed by atoms with E-state index in [4.69, 9.17) is 12.2 Å². The van der Waals surface area contributed by atoms with Gasteiger partial charge in [0.2, 0.25) is 5.91 Å². The predicted molar refractivity (Wildman–Crippen MR) is 111 cm³/mol. The molecule has 1 aromatic carbocycles. The van der Waals surface area contributed by atoms with Gasteiger partial charge in [-0.2, -0.15) is 0 Å². The van der Waals surface area contributed by atoms with Crippen LogP contribution in [0.3, 0.4) is 0 Å². The van der Waals surface area contributed by atoms with Crippen molar-refractivity contribution in [2.75, 3.05) is 19.6 Å². The molecule has 2 aliphatic rings. The van der Waals surface area contributed by atoms with E-state index in [0.29, 0.717) is 22.2 Å². The van der Waals surface area contributed by atoms with Crippen LogP contribution in [0, 0.1) is 0 Å². The number of rotatable bonds is 5. The molecule has 136 valence electrons. The van der Waals surface area contributed by atoms with E-state index in [1.165, 1.54) is 18.2 Å². The molecule has 0 saturated carbocycles. The lowest BCUT2D eigenvalue weighted by atomic mass is 10.1. The van der Waals surface area contributed by atoms with Gasteiger partial charge < -0.3 is 4.90 Å². The quantitative estimate of drug-likeness (QED) is 0.569. The van der Waals surface area contributed by atoms with E-state index in [-0.39, 0.29) is 11.8 Å². The Kier molecular flexibility index (Phi) is 6.63. The lowest BCUT2D eigenvalue weighted by Gasteiger charge is -2.27. The molecule has 2 saturated heterocycles. The van der Waals surface area contributed by atoms with Crippen LogP contribution in [0.15, 0.2) is 47.4 Å². The topological polar surface area (TPSA) is 40.6 Å². The van der Waals surface area contributed by atoms with Crippen LogP contribution in [0.4, 0.5) is 0 Å². The lowest BCUT2D eigenvalue weighted by molar-refractivity contribution is -0.132. The molecule has 0 unspecified atom stereocenters. The number of hydrogen-bond donors (Lipinski definition) is 0. The summed E-state index contributed by atoms with van der Waals surface area (Å²) >= 11 is 6.62. The summed E-state index contributed by atoms with van der Waals surface area (Å²) in [6.07, 6.45) is 9.28. The highest BCUT2D eigenvalue weighted by molar-refractivity contribution is 8.26. The summed E-state index contributed by atoms with van der Waals surface area (Å²) in [5.41, 5.74) is 1.08. The molecule has 4 nitrogen and oxygen atoms in total. The number of thiocarbonyl (C=S) groups is 1. The number of nitrogens with zero attached hydrogens (tertiary/aromatic N) is 2. The van der Waals surface area contributed by atoms with Gasteiger partial charge in [0.15, 0.2) is 0 Å². The fourth-order valence-electron chi connectivity index (χ4n) is 3.03. The highest BCUT2D eigenvalue weighted by Crippen LogP contribution is 2.31. The van der Waals surface area contributed by atoms with E-state index in [9.17, 15) is 9.59 Å². The number of allylic oxidation sites excluding steroid dienone is 2. The molecule has 6 heteroatoms. The second-order valence-corrected chi connectivity index (χ2v) is 7.99. The molecule has 2 fully saturated rings. The molecule has 0 radical (unpaired) electrons. The van der Waals surface area contributed by atoms with Crippen LogP contribution in [-0.4, -0.2) is 45.6 Å². The van der Waals surface area contributed by atoms with Crippen molar-refractivity contribution in [2.45, 2.75) is 25.7 Å². The summed E-state index contributed by atoms with van der Waals surface area (Å²) in [7, 11) is 0. The van der Waals surface area contributed by atoms with Gasteiger partial charge >= 0.3 is 0 Å². The first-order chi connectivity index (χ1) is 12.6. The summed E-state index contributed by atoms with van der Waals surface area (Å²) in [5.74, 6) is 0.0101. The molecule has 2 aliphatic heterocycles. The third-order valence-corrected chi connectivity index (χ3v) is 5.86. The van der Waals surface area contributed by atoms with Crippen LogP contribution in [-0.2, 0) is 9.59 Å². The van der Waals surface area contributed by atoms with Crippen molar-refractivity contribution < 1.29 is 9.59 Å². The third-order valence-electron chi connectivity index (χ3n) is 4.47. The Morgan fingerprint density at radius 2 is 1.88 bits per heavy atom. The van der Waals surface area contributed by atoms with E-state index in [0.717, 1.165) is 31.5 Å². The van der Waals surface area contributed by atoms with Crippen molar-refractivity contribution in [1.29, 1.82) is 0 Å². The van der Waals surface area contributed by atoms with Gasteiger partial charge in [-0.3, -0.25) is 14.5 Å². The van der Waals surface area contributed by atoms with Gasteiger partial charge in [0.05, 0.1) is 4.91 Å². The third kappa shape index (κ3) is 4.83. The molecular weight excluding hydrogens is 364 g/mol. The van der Waals surface area contributed by atoms with E-state index in [1.54, 1.807) is 11.0 Å². The second-order valence-electron chi connectivity index (χ2n) is 6.32. The molecule has 0 bridgehead atoms. The number of amides is 2. The number of hydrogen-bond acceptors (Lipinski definition) is 4. The standard InChI is InChI=1S/C20H22N2O2S2/c23-18(21-13-5-2-6-14-21)12-15-22-19(24)17(26-20(22)25)11-7-10-16-8-3-1-4-9-16/h1,3-4,7-11H,2,5-6,12-15H2. The average Bonchev–Trinajstić information content (AvgIpc) is 2.94. The molecule has 0 N–H and O–H groups in total. The maximum absolute atomic E-state index is 12.5. The Morgan fingerprint density at radius 1 is 1.15 bits per heavy atom. The molecule has 0 aliphatic carbocycles. The normalized spacial score (nSPS) is 19.8. The van der Waals surface area contributed by atoms with E-state index < -0.39 is 0 Å². The average molecular weight is 387 g/mol. The molecule has 3 rings (SSSR count). The van der Waals surface area contributed by atoms with Crippen molar-refractivity contribution in [3.63, 3.8) is 0 Å². The Morgan fingerprint density at radius 3 is 2.62 bits per heavy atom. The summed E-state index contributed by atoms with van der Waals surface area (Å²) < 4.78 is 0.529. The Balaban J connectivity index is 1.55. The maximum Gasteiger partial charge on any atom is 0.266 e. The fraction of sp³-hybridized carbons (Fsp3) is 0.350. The zero-order valence-electron chi connectivity index (χ0n) is 14.6. The zero-order chi connectivity index (χ0) is 18.4. The molecule has 26 heavy (non-hydrogen) atoms. The van der Waals surface area contributed by atoms with Gasteiger partial charge in [0, 0.05) is 26.1 Å². The van der Waals surface area contributed by atoms with Crippen LogP contribution in [0.5, 0.6) is 0 Å². The van der Waals surface area contributed by atoms with Crippen LogP contribution in [0.2, 0.25) is 0 Å². The van der Waals surface area contributed by atoms with Crippen molar-refractivity contribution in [2.24, 2.45) is 0 Å². The van der Waals surface area contributed by atoms with Crippen molar-refractivity contribution in [3.8, 4) is 0 Å². The molecule has 0 atom stereocenters. The first-order valence-electron chi connectivity index (χ1n) is 8.90. The van der Waals surface area contributed by atoms with Crippen LogP contribution >= 0.6 is 24.0 Å². The van der Waals surface area contributed by atoms with Gasteiger partial charge in [-0.15, -0.1) is 0 Å². The highest BCUT2D eigenvalue weighted by atomic mass is 32.2. The predicted octanol–water partition coefficient (Wildman–Crippen LogP) is 3.85. The maximum atomic E-state index is 12.5. The van der Waals surface area contributed by atoms with Gasteiger partial charge in [-0.25, -0.2) is 0 Å². The number of benzene rings is 1. The van der Waals surface area contributed by atoms with Gasteiger partial charge in [-0.05, 0) is 30.9 Å². The first-order valence-corrected chi connectivity index (χ1v) is 10.1. The van der Waals surface area contributed by atoms with Crippen molar-refractivity contribution in [1.82, 2.24) is 9.80 Å². The highest BCUT2D eigenvalue weighted by Gasteiger charge is 2.32. The monoisotopic (exact) mass is 386 g/mol. The largest absolute Gasteiger partial charge is 0.343 e. The summed E-state index contributed by atoms with van der Waals surface area (Å²) in [6, 6.07) is 9.91. The minimum atomic E-state index is -0.107. The number of carbonyl (C=O) groups excluding carboxylic acids is 2. The smallest absolute Gasteiger partial charge is 0.266 e. The molecular formula is C20H22N2O2S2. The van der Waals surface area contributed by atoms with Gasteiger partial charge in [0.1, 0.15) is 4.32 Å². The van der Waals surface area contributed by atoms with Crippen LogP contribution in [0.1, 0.15) is 31.2 Å². The minimum Gasteiger partial charge on any atom is -0.343 e. The van der Waals surface area contributed by atoms with E-state index in [1.807, 2.05) is 47.4 Å². The SMILES string of the molecule is O=C(CCN1C(=O)C(=CC=Cc2ccccc2)SC1=S)N1CCCCC1.